The Bertz CT molecular complexity index is 848. The van der Waals surface area contributed by atoms with Crippen molar-refractivity contribution in [1.29, 1.82) is 0 Å². The number of nitrogen functional groups attached to an aromatic ring is 1. The van der Waals surface area contributed by atoms with Gasteiger partial charge in [-0.05, 0) is 31.5 Å². The fourth-order valence-electron chi connectivity index (χ4n) is 2.49. The minimum Gasteiger partial charge on any atom is -0.507 e. The van der Waals surface area contributed by atoms with Gasteiger partial charge in [0.1, 0.15) is 11.5 Å². The number of phenolic OH excluding ortho intramolecular Hbond substituents is 1. The third kappa shape index (κ3) is 3.30. The van der Waals surface area contributed by atoms with Crippen molar-refractivity contribution in [3.63, 3.8) is 0 Å². The first-order valence-corrected chi connectivity index (χ1v) is 7.72. The Hall–Kier alpha value is -3.08. The lowest BCUT2D eigenvalue weighted by atomic mass is 10.00. The predicted octanol–water partition coefficient (Wildman–Crippen LogP) is 3.89. The van der Waals surface area contributed by atoms with Crippen molar-refractivity contribution in [2.24, 2.45) is 0 Å². The SMILES string of the molecule is CC(C)Oc1ccc(-c2nc(N)ncc2-c2ccccc2)c(O)c1. The average molecular weight is 321 g/mol. The lowest BCUT2D eigenvalue weighted by Crippen LogP contribution is -2.05. The van der Waals surface area contributed by atoms with E-state index in [9.17, 15) is 5.11 Å². The molecule has 1 aromatic heterocycles. The Kier molecular flexibility index (Phi) is 4.33. The van der Waals surface area contributed by atoms with E-state index in [0.717, 1.165) is 11.1 Å². The smallest absolute Gasteiger partial charge is 0.220 e. The second-order valence-corrected chi connectivity index (χ2v) is 5.70. The first kappa shape index (κ1) is 15.8. The molecule has 122 valence electrons. The van der Waals surface area contributed by atoms with Crippen LogP contribution in [0.5, 0.6) is 11.5 Å². The van der Waals surface area contributed by atoms with Gasteiger partial charge in [-0.2, -0.15) is 0 Å². The topological polar surface area (TPSA) is 81.3 Å². The number of nitrogens with two attached hydrogens (primary N) is 1. The van der Waals surface area contributed by atoms with Gasteiger partial charge < -0.3 is 15.6 Å². The summed E-state index contributed by atoms with van der Waals surface area (Å²) < 4.78 is 5.61. The molecule has 0 saturated heterocycles. The molecule has 0 aliphatic rings. The van der Waals surface area contributed by atoms with Crippen LogP contribution < -0.4 is 10.5 Å². The average Bonchev–Trinajstić information content (AvgIpc) is 2.55. The highest BCUT2D eigenvalue weighted by molar-refractivity contribution is 5.83. The van der Waals surface area contributed by atoms with E-state index in [4.69, 9.17) is 10.5 Å². The van der Waals surface area contributed by atoms with Crippen molar-refractivity contribution < 1.29 is 9.84 Å². The van der Waals surface area contributed by atoms with Crippen LogP contribution in [0.15, 0.2) is 54.7 Å². The summed E-state index contributed by atoms with van der Waals surface area (Å²) in [5.41, 5.74) is 8.68. The van der Waals surface area contributed by atoms with Crippen LogP contribution in [0.2, 0.25) is 0 Å². The molecule has 0 saturated carbocycles. The van der Waals surface area contributed by atoms with Crippen molar-refractivity contribution in [3.8, 4) is 33.9 Å². The van der Waals surface area contributed by atoms with Gasteiger partial charge in [0.25, 0.3) is 0 Å². The predicted molar refractivity (Wildman–Crippen MR) is 94.7 cm³/mol. The van der Waals surface area contributed by atoms with Gasteiger partial charge in [-0.15, -0.1) is 0 Å². The molecule has 0 atom stereocenters. The minimum atomic E-state index is 0.0322. The van der Waals surface area contributed by atoms with Gasteiger partial charge in [0.15, 0.2) is 0 Å². The largest absolute Gasteiger partial charge is 0.507 e. The molecule has 24 heavy (non-hydrogen) atoms. The van der Waals surface area contributed by atoms with Gasteiger partial charge in [0, 0.05) is 23.4 Å². The van der Waals surface area contributed by atoms with E-state index in [2.05, 4.69) is 9.97 Å². The van der Waals surface area contributed by atoms with Crippen LogP contribution in [0.1, 0.15) is 13.8 Å². The summed E-state index contributed by atoms with van der Waals surface area (Å²) in [7, 11) is 0. The van der Waals surface area contributed by atoms with Crippen LogP contribution in [0.25, 0.3) is 22.4 Å². The van der Waals surface area contributed by atoms with Crippen LogP contribution in [-0.4, -0.2) is 21.2 Å². The molecule has 2 aromatic carbocycles. The highest BCUT2D eigenvalue weighted by atomic mass is 16.5. The van der Waals surface area contributed by atoms with E-state index < -0.39 is 0 Å². The highest BCUT2D eigenvalue weighted by Gasteiger charge is 2.15. The summed E-state index contributed by atoms with van der Waals surface area (Å²) in [4.78, 5) is 8.43. The Morgan fingerprint density at radius 2 is 1.79 bits per heavy atom. The molecule has 1 heterocycles. The number of aromatic hydroxyl groups is 1. The first-order valence-electron chi connectivity index (χ1n) is 7.72. The monoisotopic (exact) mass is 321 g/mol. The molecule has 3 N–H and O–H groups in total. The summed E-state index contributed by atoms with van der Waals surface area (Å²) in [5.74, 6) is 0.851. The lowest BCUT2D eigenvalue weighted by molar-refractivity contribution is 0.241. The van der Waals surface area contributed by atoms with Gasteiger partial charge in [0.05, 0.1) is 11.8 Å². The summed E-state index contributed by atoms with van der Waals surface area (Å²) in [6.07, 6.45) is 1.70. The fourth-order valence-corrected chi connectivity index (χ4v) is 2.49. The molecule has 0 amide bonds. The van der Waals surface area contributed by atoms with Crippen molar-refractivity contribution >= 4 is 5.95 Å². The minimum absolute atomic E-state index is 0.0322. The van der Waals surface area contributed by atoms with Gasteiger partial charge in [-0.25, -0.2) is 9.97 Å². The van der Waals surface area contributed by atoms with Gasteiger partial charge in [0.2, 0.25) is 5.95 Å². The maximum absolute atomic E-state index is 10.4. The van der Waals surface area contributed by atoms with E-state index >= 15 is 0 Å². The van der Waals surface area contributed by atoms with Crippen LogP contribution in [0, 0.1) is 0 Å². The quantitative estimate of drug-likeness (QED) is 0.762. The third-order valence-electron chi connectivity index (χ3n) is 3.49. The van der Waals surface area contributed by atoms with E-state index in [1.807, 2.05) is 50.2 Å². The van der Waals surface area contributed by atoms with Crippen molar-refractivity contribution in [2.75, 3.05) is 5.73 Å². The number of anilines is 1. The molecule has 0 aliphatic carbocycles. The molecule has 0 spiro atoms. The Labute approximate surface area is 140 Å². The van der Waals surface area contributed by atoms with Crippen molar-refractivity contribution in [1.82, 2.24) is 9.97 Å². The number of benzene rings is 2. The fraction of sp³-hybridized carbons (Fsp3) is 0.158. The van der Waals surface area contributed by atoms with E-state index in [0.29, 0.717) is 17.0 Å². The van der Waals surface area contributed by atoms with Crippen LogP contribution in [-0.2, 0) is 0 Å². The number of phenols is 1. The van der Waals surface area contributed by atoms with Crippen molar-refractivity contribution in [3.05, 3.63) is 54.7 Å². The number of aromatic nitrogens is 2. The zero-order chi connectivity index (χ0) is 17.1. The molecule has 0 fully saturated rings. The third-order valence-corrected chi connectivity index (χ3v) is 3.49. The molecule has 0 unspecified atom stereocenters. The summed E-state index contributed by atoms with van der Waals surface area (Å²) >= 11 is 0. The van der Waals surface area contributed by atoms with Crippen LogP contribution in [0.4, 0.5) is 5.95 Å². The van der Waals surface area contributed by atoms with Gasteiger partial charge in [-0.3, -0.25) is 0 Å². The molecular formula is C19H19N3O2. The molecule has 3 rings (SSSR count). The number of hydrogen-bond donors (Lipinski definition) is 2. The Morgan fingerprint density at radius 3 is 2.46 bits per heavy atom. The second-order valence-electron chi connectivity index (χ2n) is 5.70. The maximum atomic E-state index is 10.4. The zero-order valence-electron chi connectivity index (χ0n) is 13.6. The van der Waals surface area contributed by atoms with Crippen LogP contribution in [0.3, 0.4) is 0 Å². The van der Waals surface area contributed by atoms with E-state index in [1.54, 1.807) is 18.3 Å². The molecule has 5 nitrogen and oxygen atoms in total. The van der Waals surface area contributed by atoms with Crippen molar-refractivity contribution in [2.45, 2.75) is 20.0 Å². The number of rotatable bonds is 4. The maximum Gasteiger partial charge on any atom is 0.220 e. The number of nitrogens with zero attached hydrogens (tertiary/aromatic N) is 2. The second kappa shape index (κ2) is 6.58. The van der Waals surface area contributed by atoms with Gasteiger partial charge >= 0.3 is 0 Å². The summed E-state index contributed by atoms with van der Waals surface area (Å²) in [6.45, 7) is 3.87. The zero-order valence-corrected chi connectivity index (χ0v) is 13.6. The number of hydrogen-bond acceptors (Lipinski definition) is 5. The molecule has 0 bridgehead atoms. The standard InChI is InChI=1S/C19H19N3O2/c1-12(2)24-14-8-9-15(17(23)10-14)18-16(11-21-19(20)22-18)13-6-4-3-5-7-13/h3-12,23H,1-2H3,(H2,20,21,22). The van der Waals surface area contributed by atoms with Gasteiger partial charge in [-0.1, -0.05) is 30.3 Å². The summed E-state index contributed by atoms with van der Waals surface area (Å²) in [5, 5.41) is 10.4. The molecule has 5 heteroatoms. The molecule has 0 radical (unpaired) electrons. The molecular weight excluding hydrogens is 302 g/mol. The first-order chi connectivity index (χ1) is 11.5. The summed E-state index contributed by atoms with van der Waals surface area (Å²) in [6, 6.07) is 14.9. The lowest BCUT2D eigenvalue weighted by Gasteiger charge is -2.13. The Morgan fingerprint density at radius 1 is 1.04 bits per heavy atom. The molecule has 3 aromatic rings. The highest BCUT2D eigenvalue weighted by Crippen LogP contribution is 2.37. The van der Waals surface area contributed by atoms with E-state index in [1.165, 1.54) is 0 Å². The Balaban J connectivity index is 2.11. The van der Waals surface area contributed by atoms with Crippen LogP contribution >= 0.6 is 0 Å². The van der Waals surface area contributed by atoms with E-state index in [-0.39, 0.29) is 17.8 Å². The number of ether oxygens (including phenoxy) is 1. The molecule has 0 aliphatic heterocycles. The normalized spacial score (nSPS) is 10.8.